The summed E-state index contributed by atoms with van der Waals surface area (Å²) in [7, 11) is 0. The van der Waals surface area contributed by atoms with E-state index >= 15 is 0 Å². The fourth-order valence-corrected chi connectivity index (χ4v) is 2.52. The molecule has 9 heteroatoms. The Morgan fingerprint density at radius 1 is 1.12 bits per heavy atom. The van der Waals surface area contributed by atoms with Crippen LogP contribution < -0.4 is 14.8 Å². The van der Waals surface area contributed by atoms with Gasteiger partial charge in [0.05, 0.1) is 0 Å². The average Bonchev–Trinajstić information content (AvgIpc) is 3.13. The highest BCUT2D eigenvalue weighted by atomic mass is 16.7. The molecule has 25 heavy (non-hydrogen) atoms. The molecular formula is C16H17N3O6. The van der Waals surface area contributed by atoms with Crippen LogP contribution in [-0.2, 0) is 14.4 Å². The van der Waals surface area contributed by atoms with Crippen molar-refractivity contribution < 1.29 is 28.7 Å². The van der Waals surface area contributed by atoms with E-state index in [1.165, 1.54) is 0 Å². The van der Waals surface area contributed by atoms with Crippen LogP contribution in [0.15, 0.2) is 18.2 Å². The molecule has 0 saturated carbocycles. The first kappa shape index (κ1) is 16.7. The maximum atomic E-state index is 12.2. The molecular weight excluding hydrogens is 330 g/mol. The molecule has 0 atom stereocenters. The van der Waals surface area contributed by atoms with Crippen LogP contribution in [0.4, 0.5) is 10.5 Å². The van der Waals surface area contributed by atoms with Gasteiger partial charge in [0, 0.05) is 18.3 Å². The van der Waals surface area contributed by atoms with Gasteiger partial charge < -0.3 is 14.8 Å². The number of fused-ring (bicyclic) bond motifs is 1. The minimum atomic E-state index is -0.984. The Hall–Kier alpha value is -3.10. The summed E-state index contributed by atoms with van der Waals surface area (Å²) in [6.45, 7) is 1.66. The van der Waals surface area contributed by atoms with Crippen LogP contribution in [0.2, 0.25) is 0 Å². The molecule has 1 aromatic rings. The maximum Gasteiger partial charge on any atom is 0.334 e. The van der Waals surface area contributed by atoms with Crippen molar-refractivity contribution in [2.24, 2.45) is 0 Å². The summed E-state index contributed by atoms with van der Waals surface area (Å²) in [4.78, 5) is 49.6. The Labute approximate surface area is 143 Å². The lowest BCUT2D eigenvalue weighted by Crippen LogP contribution is -2.39. The number of anilines is 1. The van der Waals surface area contributed by atoms with E-state index in [0.717, 1.165) is 11.3 Å². The zero-order valence-corrected chi connectivity index (χ0v) is 13.6. The fraction of sp³-hybridized carbons (Fsp3) is 0.375. The van der Waals surface area contributed by atoms with Crippen LogP contribution in [-0.4, -0.2) is 53.4 Å². The first-order valence-electron chi connectivity index (χ1n) is 7.88. The van der Waals surface area contributed by atoms with E-state index < -0.39 is 30.3 Å². The van der Waals surface area contributed by atoms with E-state index in [2.05, 4.69) is 5.32 Å². The number of nitrogens with zero attached hydrogens (tertiary/aromatic N) is 2. The van der Waals surface area contributed by atoms with Crippen molar-refractivity contribution in [3.63, 3.8) is 0 Å². The first-order chi connectivity index (χ1) is 12.0. The SMILES string of the molecule is CCCCN1C(=O)C(=O)N(CC(=O)Nc2ccc3c(c2)OCO3)C1=O. The highest BCUT2D eigenvalue weighted by Crippen LogP contribution is 2.34. The molecule has 0 aliphatic carbocycles. The number of rotatable bonds is 6. The summed E-state index contributed by atoms with van der Waals surface area (Å²) >= 11 is 0. The Balaban J connectivity index is 1.63. The van der Waals surface area contributed by atoms with Crippen molar-refractivity contribution in [2.45, 2.75) is 19.8 Å². The van der Waals surface area contributed by atoms with E-state index in [0.29, 0.717) is 28.5 Å². The molecule has 1 aromatic carbocycles. The van der Waals surface area contributed by atoms with Gasteiger partial charge in [-0.15, -0.1) is 0 Å². The molecule has 2 aliphatic rings. The standard InChI is InChI=1S/C16H17N3O6/c1-2-3-6-18-14(21)15(22)19(16(18)23)8-13(20)17-10-4-5-11-12(7-10)25-9-24-11/h4-5,7H,2-3,6,8-9H2,1H3,(H,17,20). The summed E-state index contributed by atoms with van der Waals surface area (Å²) in [5.74, 6) is -1.41. The van der Waals surface area contributed by atoms with Crippen LogP contribution in [0.5, 0.6) is 11.5 Å². The summed E-state index contributed by atoms with van der Waals surface area (Å²) in [5, 5.41) is 2.56. The number of amides is 5. The third-order valence-electron chi connectivity index (χ3n) is 3.83. The van der Waals surface area contributed by atoms with Gasteiger partial charge >= 0.3 is 17.8 Å². The molecule has 1 saturated heterocycles. The maximum absolute atomic E-state index is 12.2. The Bertz CT molecular complexity index is 747. The number of nitrogens with one attached hydrogen (secondary N) is 1. The van der Waals surface area contributed by atoms with Gasteiger partial charge in [-0.2, -0.15) is 0 Å². The molecule has 0 bridgehead atoms. The monoisotopic (exact) mass is 347 g/mol. The topological polar surface area (TPSA) is 105 Å². The van der Waals surface area contributed by atoms with Crippen molar-refractivity contribution in [1.82, 2.24) is 9.80 Å². The number of imide groups is 2. The molecule has 0 radical (unpaired) electrons. The average molecular weight is 347 g/mol. The molecule has 2 heterocycles. The van der Waals surface area contributed by atoms with Crippen LogP contribution >= 0.6 is 0 Å². The van der Waals surface area contributed by atoms with Crippen molar-refractivity contribution in [1.29, 1.82) is 0 Å². The minimum absolute atomic E-state index is 0.110. The van der Waals surface area contributed by atoms with Gasteiger partial charge in [-0.25, -0.2) is 9.69 Å². The molecule has 3 rings (SSSR count). The molecule has 0 aromatic heterocycles. The van der Waals surface area contributed by atoms with Crippen molar-refractivity contribution >= 4 is 29.4 Å². The summed E-state index contributed by atoms with van der Waals surface area (Å²) < 4.78 is 10.4. The lowest BCUT2D eigenvalue weighted by Gasteiger charge is -2.15. The van der Waals surface area contributed by atoms with Gasteiger partial charge in [0.2, 0.25) is 12.7 Å². The molecule has 1 N–H and O–H groups in total. The zero-order chi connectivity index (χ0) is 18.0. The number of ether oxygens (including phenoxy) is 2. The second-order valence-corrected chi connectivity index (χ2v) is 5.60. The third kappa shape index (κ3) is 3.25. The Morgan fingerprint density at radius 3 is 2.60 bits per heavy atom. The largest absolute Gasteiger partial charge is 0.454 e. The predicted octanol–water partition coefficient (Wildman–Crippen LogP) is 0.945. The normalized spacial score (nSPS) is 16.0. The smallest absolute Gasteiger partial charge is 0.334 e. The molecule has 0 unspecified atom stereocenters. The van der Waals surface area contributed by atoms with Gasteiger partial charge in [0.15, 0.2) is 11.5 Å². The number of hydrogen-bond acceptors (Lipinski definition) is 6. The third-order valence-corrected chi connectivity index (χ3v) is 3.83. The Morgan fingerprint density at radius 2 is 1.84 bits per heavy atom. The van der Waals surface area contributed by atoms with Crippen LogP contribution in [0.3, 0.4) is 0 Å². The van der Waals surface area contributed by atoms with Gasteiger partial charge in [-0.05, 0) is 18.6 Å². The fourth-order valence-electron chi connectivity index (χ4n) is 2.52. The summed E-state index contributed by atoms with van der Waals surface area (Å²) in [6.07, 6.45) is 1.37. The molecule has 9 nitrogen and oxygen atoms in total. The van der Waals surface area contributed by atoms with Gasteiger partial charge in [-0.1, -0.05) is 13.3 Å². The van der Waals surface area contributed by atoms with Crippen molar-refractivity contribution in [2.75, 3.05) is 25.2 Å². The Kier molecular flexibility index (Phi) is 4.55. The van der Waals surface area contributed by atoms with Gasteiger partial charge in [0.1, 0.15) is 6.54 Å². The molecule has 132 valence electrons. The number of urea groups is 1. The summed E-state index contributed by atoms with van der Waals surface area (Å²) in [6, 6.07) is 4.06. The van der Waals surface area contributed by atoms with E-state index in [4.69, 9.17) is 9.47 Å². The number of unbranched alkanes of at least 4 members (excludes halogenated alkanes) is 1. The highest BCUT2D eigenvalue weighted by molar-refractivity contribution is 6.45. The number of benzene rings is 1. The summed E-state index contributed by atoms with van der Waals surface area (Å²) in [5.41, 5.74) is 0.433. The second-order valence-electron chi connectivity index (χ2n) is 5.60. The van der Waals surface area contributed by atoms with Crippen LogP contribution in [0, 0.1) is 0 Å². The van der Waals surface area contributed by atoms with Crippen LogP contribution in [0.25, 0.3) is 0 Å². The number of carbonyl (C=O) groups excluding carboxylic acids is 4. The van der Waals surface area contributed by atoms with E-state index in [-0.39, 0.29) is 13.3 Å². The first-order valence-corrected chi connectivity index (χ1v) is 7.88. The molecule has 0 spiro atoms. The van der Waals surface area contributed by atoms with Crippen molar-refractivity contribution in [3.8, 4) is 11.5 Å². The lowest BCUT2D eigenvalue weighted by atomic mass is 10.2. The predicted molar refractivity (Wildman–Crippen MR) is 84.9 cm³/mol. The molecule has 1 fully saturated rings. The molecule has 2 aliphatic heterocycles. The second kappa shape index (κ2) is 6.80. The van der Waals surface area contributed by atoms with E-state index in [9.17, 15) is 19.2 Å². The zero-order valence-electron chi connectivity index (χ0n) is 13.6. The van der Waals surface area contributed by atoms with Gasteiger partial charge in [0.25, 0.3) is 0 Å². The number of hydrogen-bond donors (Lipinski definition) is 1. The van der Waals surface area contributed by atoms with Crippen molar-refractivity contribution in [3.05, 3.63) is 18.2 Å². The van der Waals surface area contributed by atoms with Crippen LogP contribution in [0.1, 0.15) is 19.8 Å². The molecule has 5 amide bonds. The lowest BCUT2D eigenvalue weighted by molar-refractivity contribution is -0.143. The van der Waals surface area contributed by atoms with E-state index in [1.807, 2.05) is 6.92 Å². The number of carbonyl (C=O) groups is 4. The minimum Gasteiger partial charge on any atom is -0.454 e. The highest BCUT2D eigenvalue weighted by Gasteiger charge is 2.44. The quantitative estimate of drug-likeness (QED) is 0.607. The van der Waals surface area contributed by atoms with E-state index in [1.54, 1.807) is 18.2 Å². The van der Waals surface area contributed by atoms with Gasteiger partial charge in [-0.3, -0.25) is 19.3 Å².